The van der Waals surface area contributed by atoms with Crippen LogP contribution in [0.5, 0.6) is 0 Å². The number of benzene rings is 1. The molecule has 0 bridgehead atoms. The van der Waals surface area contributed by atoms with Gasteiger partial charge >= 0.3 is 6.03 Å². The summed E-state index contributed by atoms with van der Waals surface area (Å²) >= 11 is 0. The molecule has 0 spiro atoms. The molecule has 1 aromatic carbocycles. The number of nitrogens with one attached hydrogen (secondary N) is 2. The van der Waals surface area contributed by atoms with Crippen LogP contribution in [-0.2, 0) is 6.54 Å². The van der Waals surface area contributed by atoms with Crippen molar-refractivity contribution < 1.29 is 4.79 Å². The topological polar surface area (TPSA) is 66.4 Å². The zero-order valence-electron chi connectivity index (χ0n) is 18.6. The Morgan fingerprint density at radius 3 is 2.57 bits per heavy atom. The molecule has 2 amide bonds. The van der Waals surface area contributed by atoms with Crippen molar-refractivity contribution in [3.05, 3.63) is 40.8 Å². The molecule has 6 nitrogen and oxygen atoms in total. The Labute approximate surface area is 179 Å². The fourth-order valence-corrected chi connectivity index (χ4v) is 4.37. The quantitative estimate of drug-likeness (QED) is 0.630. The molecule has 0 atom stereocenters. The molecule has 164 valence electrons. The van der Waals surface area contributed by atoms with Crippen LogP contribution in [0.4, 0.5) is 10.5 Å². The van der Waals surface area contributed by atoms with Crippen LogP contribution in [-0.4, -0.2) is 41.7 Å². The lowest BCUT2D eigenvalue weighted by atomic mass is 9.94. The standard InChI is InChI=1S/C24H36N4O2/c1-18(2)16-28-17-22(20-12-7-8-13-21(20)23(28)29)26-24(30)25-14-9-15-27(3)19-10-5-4-6-11-19/h7-8,12-13,17-19H,4-6,9-11,14-16H2,1-3H3,(H2,25,26,30). The summed E-state index contributed by atoms with van der Waals surface area (Å²) in [5.41, 5.74) is 0.652. The van der Waals surface area contributed by atoms with Crippen molar-refractivity contribution in [2.75, 3.05) is 25.5 Å². The number of nitrogens with zero attached hydrogens (tertiary/aromatic N) is 2. The monoisotopic (exact) mass is 412 g/mol. The minimum atomic E-state index is -0.227. The smallest absolute Gasteiger partial charge is 0.319 e. The first-order valence-electron chi connectivity index (χ1n) is 11.3. The van der Waals surface area contributed by atoms with Gasteiger partial charge in [-0.1, -0.05) is 51.3 Å². The second-order valence-corrected chi connectivity index (χ2v) is 8.95. The van der Waals surface area contributed by atoms with Crippen LogP contribution in [0.1, 0.15) is 52.4 Å². The van der Waals surface area contributed by atoms with Gasteiger partial charge in [0.2, 0.25) is 0 Å². The maximum absolute atomic E-state index is 12.7. The first kappa shape index (κ1) is 22.3. The summed E-state index contributed by atoms with van der Waals surface area (Å²) < 4.78 is 1.70. The van der Waals surface area contributed by atoms with Gasteiger partial charge in [0.1, 0.15) is 0 Å². The van der Waals surface area contributed by atoms with Crippen LogP contribution in [0, 0.1) is 5.92 Å². The molecule has 0 radical (unpaired) electrons. The summed E-state index contributed by atoms with van der Waals surface area (Å²) in [7, 11) is 2.19. The molecule has 1 aliphatic carbocycles. The van der Waals surface area contributed by atoms with Gasteiger partial charge in [0.25, 0.3) is 5.56 Å². The third kappa shape index (κ3) is 5.85. The van der Waals surface area contributed by atoms with Crippen molar-refractivity contribution in [2.45, 2.75) is 65.0 Å². The molecule has 2 N–H and O–H groups in total. The van der Waals surface area contributed by atoms with Crippen molar-refractivity contribution in [3.63, 3.8) is 0 Å². The van der Waals surface area contributed by atoms with Gasteiger partial charge in [0.05, 0.1) is 5.69 Å². The fourth-order valence-electron chi connectivity index (χ4n) is 4.37. The Morgan fingerprint density at radius 1 is 1.17 bits per heavy atom. The molecule has 2 aromatic rings. The lowest BCUT2D eigenvalue weighted by Crippen LogP contribution is -2.36. The molecule has 0 aliphatic heterocycles. The number of aromatic nitrogens is 1. The van der Waals surface area contributed by atoms with E-state index in [1.807, 2.05) is 24.3 Å². The minimum Gasteiger partial charge on any atom is -0.338 e. The molecule has 0 saturated heterocycles. The highest BCUT2D eigenvalue weighted by Gasteiger charge is 2.17. The maximum atomic E-state index is 12.7. The number of hydrogen-bond acceptors (Lipinski definition) is 3. The van der Waals surface area contributed by atoms with E-state index >= 15 is 0 Å². The third-order valence-corrected chi connectivity index (χ3v) is 5.97. The molecule has 1 aliphatic rings. The fraction of sp³-hybridized carbons (Fsp3) is 0.583. The van der Waals surface area contributed by atoms with Crippen molar-refractivity contribution in [3.8, 4) is 0 Å². The Balaban J connectivity index is 1.58. The van der Waals surface area contributed by atoms with E-state index in [1.165, 1.54) is 32.1 Å². The van der Waals surface area contributed by atoms with Crippen molar-refractivity contribution in [1.82, 2.24) is 14.8 Å². The molecule has 3 rings (SSSR count). The Hall–Kier alpha value is -2.34. The van der Waals surface area contributed by atoms with Crippen LogP contribution in [0.2, 0.25) is 0 Å². The number of pyridine rings is 1. The summed E-state index contributed by atoms with van der Waals surface area (Å²) in [5, 5.41) is 7.32. The van der Waals surface area contributed by atoms with Crippen LogP contribution >= 0.6 is 0 Å². The van der Waals surface area contributed by atoms with E-state index in [4.69, 9.17) is 0 Å². The molecule has 0 unspecified atom stereocenters. The number of carbonyl (C=O) groups excluding carboxylic acids is 1. The van der Waals surface area contributed by atoms with Gasteiger partial charge in [-0.2, -0.15) is 0 Å². The predicted molar refractivity (Wildman–Crippen MR) is 124 cm³/mol. The average molecular weight is 413 g/mol. The second-order valence-electron chi connectivity index (χ2n) is 8.95. The molecule has 1 saturated carbocycles. The normalized spacial score (nSPS) is 15.1. The molecular formula is C24H36N4O2. The number of fused-ring (bicyclic) bond motifs is 1. The Bertz CT molecular complexity index is 900. The molecule has 1 aromatic heterocycles. The lowest BCUT2D eigenvalue weighted by molar-refractivity contribution is 0.189. The average Bonchev–Trinajstić information content (AvgIpc) is 2.74. The summed E-state index contributed by atoms with van der Waals surface area (Å²) in [6.07, 6.45) is 9.32. The highest BCUT2D eigenvalue weighted by Crippen LogP contribution is 2.22. The third-order valence-electron chi connectivity index (χ3n) is 5.97. The summed E-state index contributed by atoms with van der Waals surface area (Å²) in [6, 6.07) is 7.91. The predicted octanol–water partition coefficient (Wildman–Crippen LogP) is 4.43. The van der Waals surface area contributed by atoms with Gasteiger partial charge in [-0.05, 0) is 44.8 Å². The Kier molecular flexibility index (Phi) is 7.91. The summed E-state index contributed by atoms with van der Waals surface area (Å²) in [5.74, 6) is 0.340. The lowest BCUT2D eigenvalue weighted by Gasteiger charge is -2.31. The zero-order valence-corrected chi connectivity index (χ0v) is 18.6. The highest BCUT2D eigenvalue weighted by atomic mass is 16.2. The summed E-state index contributed by atoms with van der Waals surface area (Å²) in [4.78, 5) is 27.7. The van der Waals surface area contributed by atoms with Crippen LogP contribution < -0.4 is 16.2 Å². The zero-order chi connectivity index (χ0) is 21.5. The molecule has 30 heavy (non-hydrogen) atoms. The maximum Gasteiger partial charge on any atom is 0.319 e. The highest BCUT2D eigenvalue weighted by molar-refractivity contribution is 6.00. The number of hydrogen-bond donors (Lipinski definition) is 2. The number of anilines is 1. The van der Waals surface area contributed by atoms with E-state index in [9.17, 15) is 9.59 Å². The van der Waals surface area contributed by atoms with Crippen molar-refractivity contribution in [1.29, 1.82) is 0 Å². The first-order chi connectivity index (χ1) is 14.5. The molecular weight excluding hydrogens is 376 g/mol. The molecule has 1 fully saturated rings. The number of urea groups is 1. The SMILES string of the molecule is CC(C)Cn1cc(NC(=O)NCCCN(C)C2CCCCC2)c2ccccc2c1=O. The van der Waals surface area contributed by atoms with Gasteiger partial charge < -0.3 is 20.1 Å². The van der Waals surface area contributed by atoms with Gasteiger partial charge in [0, 0.05) is 36.1 Å². The first-order valence-corrected chi connectivity index (χ1v) is 11.3. The van der Waals surface area contributed by atoms with E-state index in [0.717, 1.165) is 18.4 Å². The number of amides is 2. The van der Waals surface area contributed by atoms with E-state index in [0.29, 0.717) is 36.1 Å². The van der Waals surface area contributed by atoms with Crippen LogP contribution in [0.25, 0.3) is 10.8 Å². The van der Waals surface area contributed by atoms with E-state index in [-0.39, 0.29) is 11.6 Å². The van der Waals surface area contributed by atoms with Crippen LogP contribution in [0.15, 0.2) is 35.3 Å². The van der Waals surface area contributed by atoms with Gasteiger partial charge in [-0.3, -0.25) is 4.79 Å². The van der Waals surface area contributed by atoms with E-state index in [1.54, 1.807) is 10.8 Å². The number of carbonyl (C=O) groups is 1. The van der Waals surface area contributed by atoms with Crippen molar-refractivity contribution >= 4 is 22.5 Å². The van der Waals surface area contributed by atoms with Gasteiger partial charge in [-0.15, -0.1) is 0 Å². The summed E-state index contributed by atoms with van der Waals surface area (Å²) in [6.45, 7) is 6.39. The number of rotatable bonds is 8. The largest absolute Gasteiger partial charge is 0.338 e. The molecule has 6 heteroatoms. The van der Waals surface area contributed by atoms with Gasteiger partial charge in [-0.25, -0.2) is 4.79 Å². The van der Waals surface area contributed by atoms with Gasteiger partial charge in [0.15, 0.2) is 0 Å². The van der Waals surface area contributed by atoms with Crippen LogP contribution in [0.3, 0.4) is 0 Å². The minimum absolute atomic E-state index is 0.0176. The van der Waals surface area contributed by atoms with E-state index in [2.05, 4.69) is 36.4 Å². The second kappa shape index (κ2) is 10.6. The molecule has 1 heterocycles. The van der Waals surface area contributed by atoms with Crippen molar-refractivity contribution in [2.24, 2.45) is 5.92 Å². The van der Waals surface area contributed by atoms with E-state index < -0.39 is 0 Å². The Morgan fingerprint density at radius 2 is 1.87 bits per heavy atom.